The number of aromatic nitrogens is 2. The highest BCUT2D eigenvalue weighted by atomic mass is 19.1. The van der Waals surface area contributed by atoms with Crippen molar-refractivity contribution in [2.24, 2.45) is 0 Å². The maximum absolute atomic E-state index is 16.6. The number of aliphatic hydroxyl groups excluding tert-OH is 1. The van der Waals surface area contributed by atoms with Crippen LogP contribution in [0.25, 0.3) is 21.9 Å². The number of nitrogens with zero attached hydrogens (tertiary/aromatic N) is 3. The Morgan fingerprint density at radius 2 is 1.65 bits per heavy atom. The van der Waals surface area contributed by atoms with Gasteiger partial charge in [-0.2, -0.15) is 0 Å². The van der Waals surface area contributed by atoms with Crippen LogP contribution in [0.3, 0.4) is 0 Å². The van der Waals surface area contributed by atoms with Gasteiger partial charge >= 0.3 is 18.3 Å². The van der Waals surface area contributed by atoms with Crippen LogP contribution in [-0.4, -0.2) is 63.3 Å². The summed E-state index contributed by atoms with van der Waals surface area (Å²) < 4.78 is 32.9. The molecule has 0 bridgehead atoms. The second-order valence-electron chi connectivity index (χ2n) is 13.6. The Labute approximate surface area is 266 Å². The smallest absolute Gasteiger partial charge is 0.414 e. The summed E-state index contributed by atoms with van der Waals surface area (Å²) in [5, 5.41) is 15.3. The molecule has 1 aliphatic carbocycles. The maximum atomic E-state index is 16.6. The molecule has 3 aromatic rings. The highest BCUT2D eigenvalue weighted by Gasteiger charge is 2.32. The van der Waals surface area contributed by atoms with E-state index >= 15 is 4.39 Å². The van der Waals surface area contributed by atoms with Gasteiger partial charge < -0.3 is 19.3 Å². The molecule has 1 aromatic carbocycles. The van der Waals surface area contributed by atoms with Crippen molar-refractivity contribution in [3.05, 3.63) is 41.6 Å². The van der Waals surface area contributed by atoms with Gasteiger partial charge in [-0.25, -0.2) is 23.8 Å². The molecule has 2 aliphatic rings. The van der Waals surface area contributed by atoms with Gasteiger partial charge in [-0.05, 0) is 84.4 Å². The minimum atomic E-state index is -0.866. The van der Waals surface area contributed by atoms with Crippen LogP contribution in [0.4, 0.5) is 36.0 Å². The first-order valence-electron chi connectivity index (χ1n) is 15.3. The molecule has 0 unspecified atom stereocenters. The molecule has 1 fully saturated rings. The second-order valence-corrected chi connectivity index (χ2v) is 13.6. The molecular weight excluding hydrogens is 597 g/mol. The fourth-order valence-electron chi connectivity index (χ4n) is 5.46. The summed E-state index contributed by atoms with van der Waals surface area (Å²) in [4.78, 5) is 48.9. The second kappa shape index (κ2) is 12.3. The Balaban J connectivity index is 1.59. The highest BCUT2D eigenvalue weighted by Crippen LogP contribution is 2.41. The van der Waals surface area contributed by atoms with E-state index in [9.17, 15) is 19.5 Å². The number of ether oxygens (including phenoxy) is 3. The van der Waals surface area contributed by atoms with Crippen molar-refractivity contribution in [3.63, 3.8) is 0 Å². The molecule has 1 saturated carbocycles. The summed E-state index contributed by atoms with van der Waals surface area (Å²) in [6.07, 6.45) is 1.94. The van der Waals surface area contributed by atoms with Gasteiger partial charge in [0.05, 0.1) is 23.2 Å². The number of pyridine rings is 2. The lowest BCUT2D eigenvalue weighted by molar-refractivity contribution is -0.0308. The average molecular weight is 638 g/mol. The molecule has 0 radical (unpaired) electrons. The maximum Gasteiger partial charge on any atom is 0.414 e. The zero-order chi connectivity index (χ0) is 33.6. The summed E-state index contributed by atoms with van der Waals surface area (Å²) >= 11 is 0. The molecule has 0 saturated heterocycles. The first-order valence-corrected chi connectivity index (χ1v) is 15.3. The van der Waals surface area contributed by atoms with E-state index in [0.29, 0.717) is 60.1 Å². The zero-order valence-electron chi connectivity index (χ0n) is 27.1. The minimum Gasteiger partial charge on any atom is -0.446 e. The third-order valence-electron chi connectivity index (χ3n) is 7.51. The number of hydrogen-bond acceptors (Lipinski definition) is 9. The van der Waals surface area contributed by atoms with Crippen molar-refractivity contribution in [2.45, 2.75) is 97.6 Å². The molecule has 46 heavy (non-hydrogen) atoms. The summed E-state index contributed by atoms with van der Waals surface area (Å²) in [5.74, 6) is -0.622. The van der Waals surface area contributed by atoms with E-state index in [1.807, 2.05) is 0 Å². The quantitative estimate of drug-likeness (QED) is 0.261. The number of fused-ring (bicyclic) bond motifs is 2. The molecular formula is C33H40FN5O7. The van der Waals surface area contributed by atoms with Gasteiger partial charge in [-0.1, -0.05) is 0 Å². The highest BCUT2D eigenvalue weighted by molar-refractivity contribution is 6.04. The number of carbonyl (C=O) groups excluding carboxylic acids is 3. The molecule has 3 heterocycles. The number of amides is 3. The molecule has 1 aliphatic heterocycles. The van der Waals surface area contributed by atoms with Gasteiger partial charge in [0.1, 0.15) is 23.1 Å². The summed E-state index contributed by atoms with van der Waals surface area (Å²) in [7, 11) is 0. The molecule has 13 heteroatoms. The van der Waals surface area contributed by atoms with Crippen molar-refractivity contribution in [2.75, 3.05) is 22.1 Å². The summed E-state index contributed by atoms with van der Waals surface area (Å²) in [6.45, 7) is 12.6. The van der Waals surface area contributed by atoms with Gasteiger partial charge in [0.2, 0.25) is 0 Å². The fraction of sp³-hybridized carbons (Fsp3) is 0.485. The number of hydrogen-bond donors (Lipinski definition) is 3. The predicted octanol–water partition coefficient (Wildman–Crippen LogP) is 6.85. The van der Waals surface area contributed by atoms with Crippen LogP contribution < -0.4 is 15.5 Å². The van der Waals surface area contributed by atoms with Gasteiger partial charge in [0.15, 0.2) is 5.82 Å². The molecule has 3 N–H and O–H groups in total. The monoisotopic (exact) mass is 637 g/mol. The van der Waals surface area contributed by atoms with E-state index in [1.54, 1.807) is 60.7 Å². The fourth-order valence-corrected chi connectivity index (χ4v) is 5.46. The minimum absolute atomic E-state index is 0.101. The number of anilines is 3. The van der Waals surface area contributed by atoms with E-state index in [4.69, 9.17) is 14.2 Å². The van der Waals surface area contributed by atoms with Gasteiger partial charge in [0.25, 0.3) is 0 Å². The van der Waals surface area contributed by atoms with Crippen molar-refractivity contribution >= 4 is 46.2 Å². The van der Waals surface area contributed by atoms with E-state index in [-0.39, 0.29) is 28.6 Å². The Hall–Kier alpha value is -4.52. The first-order chi connectivity index (χ1) is 21.5. The molecule has 2 aromatic heterocycles. The van der Waals surface area contributed by atoms with Crippen LogP contribution in [0, 0.1) is 12.7 Å². The molecule has 246 valence electrons. The van der Waals surface area contributed by atoms with Crippen LogP contribution in [0.2, 0.25) is 0 Å². The van der Waals surface area contributed by atoms with Crippen molar-refractivity contribution in [3.8, 4) is 11.1 Å². The summed E-state index contributed by atoms with van der Waals surface area (Å²) in [5.41, 5.74) is 0.624. The van der Waals surface area contributed by atoms with E-state index in [1.165, 1.54) is 17.2 Å². The van der Waals surface area contributed by atoms with Gasteiger partial charge in [-0.3, -0.25) is 20.5 Å². The number of halogens is 1. The lowest BCUT2D eigenvalue weighted by atomic mass is 9.92. The lowest BCUT2D eigenvalue weighted by Crippen LogP contribution is -2.40. The number of aliphatic hydroxyl groups is 1. The number of nitrogens with one attached hydrogen (secondary N) is 2. The normalized spacial score (nSPS) is 17.9. The first kappa shape index (κ1) is 32.9. The standard InChI is InChI=1S/C33H40FN5O7/c1-17-22(15-35-24-9-8-10-39(28(17)24)31(43)46-33(5,6)7)21-11-18-12-25(37-29(41)44-20-13-19(40)14-20)36-16-23(18)27(26(21)34)38-30(42)45-32(2,3)4/h11-12,15-16,19-20,40H,8-10,13-14H2,1-7H3,(H,38,42)(H,36,37,41). The number of benzene rings is 1. The topological polar surface area (TPSA) is 152 Å². The van der Waals surface area contributed by atoms with Crippen LogP contribution >= 0.6 is 0 Å². The molecule has 0 atom stereocenters. The Bertz CT molecular complexity index is 1690. The van der Waals surface area contributed by atoms with Crippen molar-refractivity contribution < 1.29 is 38.1 Å². The van der Waals surface area contributed by atoms with Crippen LogP contribution in [0.5, 0.6) is 0 Å². The Kier molecular flexibility index (Phi) is 8.82. The van der Waals surface area contributed by atoms with E-state index in [2.05, 4.69) is 20.6 Å². The Morgan fingerprint density at radius 3 is 2.30 bits per heavy atom. The SMILES string of the molecule is Cc1c(-c2cc3cc(NC(=O)OC4CC(O)C4)ncc3c(NC(=O)OC(C)(C)C)c2F)cnc2c1N(C(=O)OC(C)(C)C)CCC2. The predicted molar refractivity (Wildman–Crippen MR) is 171 cm³/mol. The Morgan fingerprint density at radius 1 is 0.957 bits per heavy atom. The van der Waals surface area contributed by atoms with Crippen molar-refractivity contribution in [1.82, 2.24) is 9.97 Å². The average Bonchev–Trinajstić information content (AvgIpc) is 2.92. The van der Waals surface area contributed by atoms with Crippen LogP contribution in [0.15, 0.2) is 24.5 Å². The number of aryl methyl sites for hydroxylation is 1. The number of rotatable bonds is 4. The molecule has 5 rings (SSSR count). The van der Waals surface area contributed by atoms with Crippen LogP contribution in [-0.2, 0) is 20.6 Å². The molecule has 3 amide bonds. The van der Waals surface area contributed by atoms with Crippen LogP contribution in [0.1, 0.15) is 72.1 Å². The molecule has 0 spiro atoms. The zero-order valence-corrected chi connectivity index (χ0v) is 27.1. The van der Waals surface area contributed by atoms with Crippen molar-refractivity contribution in [1.29, 1.82) is 0 Å². The van der Waals surface area contributed by atoms with Gasteiger partial charge in [-0.15, -0.1) is 0 Å². The third kappa shape index (κ3) is 7.30. The largest absolute Gasteiger partial charge is 0.446 e. The van der Waals surface area contributed by atoms with E-state index in [0.717, 1.165) is 0 Å². The van der Waals surface area contributed by atoms with Gasteiger partial charge in [0, 0.05) is 48.3 Å². The van der Waals surface area contributed by atoms with E-state index < -0.39 is 41.4 Å². The molecule has 12 nitrogen and oxygen atoms in total. The third-order valence-corrected chi connectivity index (χ3v) is 7.51. The lowest BCUT2D eigenvalue weighted by Gasteiger charge is -2.33. The summed E-state index contributed by atoms with van der Waals surface area (Å²) in [6, 6.07) is 3.10. The number of carbonyl (C=O) groups is 3.